The van der Waals surface area contributed by atoms with Crippen molar-refractivity contribution in [1.82, 2.24) is 5.32 Å². The van der Waals surface area contributed by atoms with E-state index < -0.39 is 5.97 Å². The van der Waals surface area contributed by atoms with Crippen molar-refractivity contribution < 1.29 is 14.7 Å². The van der Waals surface area contributed by atoms with E-state index in [-0.39, 0.29) is 11.9 Å². The summed E-state index contributed by atoms with van der Waals surface area (Å²) in [5, 5.41) is 11.6. The predicted molar refractivity (Wildman–Crippen MR) is 87.8 cm³/mol. The fraction of sp³-hybridized carbons (Fsp3) is 0.375. The molecule has 0 heterocycles. The van der Waals surface area contributed by atoms with Crippen LogP contribution in [0.15, 0.2) is 24.3 Å². The quantitative estimate of drug-likeness (QED) is 0.760. The average Bonchev–Trinajstić information content (AvgIpc) is 2.43. The van der Waals surface area contributed by atoms with E-state index in [1.54, 1.807) is 30.0 Å². The summed E-state index contributed by atoms with van der Waals surface area (Å²) in [5.74, 6) is 0.769. The van der Waals surface area contributed by atoms with Gasteiger partial charge in [-0.1, -0.05) is 19.1 Å². The number of carbonyl (C=O) groups is 2. The topological polar surface area (TPSA) is 66.4 Å². The Balaban J connectivity index is 2.85. The standard InChI is InChI=1S/C16H21NO3S/c1-4-21-10-11(2)17-16(20)14-7-5-6-13(12(14)3)8-9-15(18)19/h5-9,11H,4,10H2,1-3H3,(H,17,20)(H,18,19)/b9-8+. The zero-order chi connectivity index (χ0) is 15.8. The molecule has 21 heavy (non-hydrogen) atoms. The lowest BCUT2D eigenvalue weighted by atomic mass is 10.0. The van der Waals surface area contributed by atoms with Crippen molar-refractivity contribution in [3.05, 3.63) is 41.0 Å². The Bertz CT molecular complexity index is 540. The molecule has 1 amide bonds. The summed E-state index contributed by atoms with van der Waals surface area (Å²) in [6.07, 6.45) is 2.58. The van der Waals surface area contributed by atoms with Crippen molar-refractivity contribution in [2.24, 2.45) is 0 Å². The Kier molecular flexibility index (Phi) is 7.02. The first-order valence-electron chi connectivity index (χ1n) is 6.85. The van der Waals surface area contributed by atoms with Gasteiger partial charge in [0.25, 0.3) is 5.91 Å². The van der Waals surface area contributed by atoms with Crippen LogP contribution in [0, 0.1) is 6.92 Å². The largest absolute Gasteiger partial charge is 0.478 e. The highest BCUT2D eigenvalue weighted by Gasteiger charge is 2.13. The third-order valence-corrected chi connectivity index (χ3v) is 4.12. The zero-order valence-corrected chi connectivity index (χ0v) is 13.4. The van der Waals surface area contributed by atoms with Crippen LogP contribution in [0.1, 0.15) is 35.3 Å². The van der Waals surface area contributed by atoms with Crippen LogP contribution < -0.4 is 5.32 Å². The summed E-state index contributed by atoms with van der Waals surface area (Å²) in [6, 6.07) is 5.40. The molecule has 0 fully saturated rings. The molecule has 0 saturated carbocycles. The number of thioether (sulfide) groups is 1. The maximum atomic E-state index is 12.3. The molecule has 0 spiro atoms. The highest BCUT2D eigenvalue weighted by molar-refractivity contribution is 7.99. The maximum Gasteiger partial charge on any atom is 0.328 e. The van der Waals surface area contributed by atoms with Gasteiger partial charge in [-0.3, -0.25) is 4.79 Å². The second-order valence-electron chi connectivity index (χ2n) is 4.73. The van der Waals surface area contributed by atoms with Gasteiger partial charge in [-0.2, -0.15) is 11.8 Å². The van der Waals surface area contributed by atoms with Crippen LogP contribution in [-0.4, -0.2) is 34.5 Å². The minimum Gasteiger partial charge on any atom is -0.478 e. The summed E-state index contributed by atoms with van der Waals surface area (Å²) in [7, 11) is 0. The smallest absolute Gasteiger partial charge is 0.328 e. The van der Waals surface area contributed by atoms with Gasteiger partial charge in [0.05, 0.1) is 0 Å². The predicted octanol–water partition coefficient (Wildman–Crippen LogP) is 2.96. The molecular formula is C16H21NO3S. The molecule has 1 rings (SSSR count). The van der Waals surface area contributed by atoms with E-state index in [2.05, 4.69) is 12.2 Å². The van der Waals surface area contributed by atoms with Gasteiger partial charge in [0.15, 0.2) is 0 Å². The number of hydrogen-bond donors (Lipinski definition) is 2. The number of nitrogens with one attached hydrogen (secondary N) is 1. The first-order valence-corrected chi connectivity index (χ1v) is 8.00. The second kappa shape index (κ2) is 8.52. The number of aliphatic carboxylic acids is 1. The van der Waals surface area contributed by atoms with E-state index in [1.807, 2.05) is 13.8 Å². The monoisotopic (exact) mass is 307 g/mol. The van der Waals surface area contributed by atoms with Crippen LogP contribution in [0.3, 0.4) is 0 Å². The lowest BCUT2D eigenvalue weighted by molar-refractivity contribution is -0.131. The van der Waals surface area contributed by atoms with E-state index in [4.69, 9.17) is 5.11 Å². The van der Waals surface area contributed by atoms with Crippen molar-refractivity contribution in [3.8, 4) is 0 Å². The van der Waals surface area contributed by atoms with Gasteiger partial charge >= 0.3 is 5.97 Å². The molecule has 0 aliphatic carbocycles. The summed E-state index contributed by atoms with van der Waals surface area (Å²) in [6.45, 7) is 5.88. The summed E-state index contributed by atoms with van der Waals surface area (Å²) in [5.41, 5.74) is 2.10. The van der Waals surface area contributed by atoms with Crippen LogP contribution in [0.25, 0.3) is 6.08 Å². The van der Waals surface area contributed by atoms with Crippen molar-refractivity contribution >= 4 is 29.7 Å². The molecule has 0 bridgehead atoms. The van der Waals surface area contributed by atoms with E-state index in [1.165, 1.54) is 6.08 Å². The number of rotatable bonds is 7. The van der Waals surface area contributed by atoms with Gasteiger partial charge < -0.3 is 10.4 Å². The summed E-state index contributed by atoms with van der Waals surface area (Å²) in [4.78, 5) is 22.8. The third kappa shape index (κ3) is 5.63. The number of carboxylic acid groups (broad SMARTS) is 1. The normalized spacial score (nSPS) is 12.3. The fourth-order valence-corrected chi connectivity index (χ4v) is 2.55. The minimum atomic E-state index is -1.01. The Morgan fingerprint density at radius 3 is 2.76 bits per heavy atom. The van der Waals surface area contributed by atoms with Gasteiger partial charge in [-0.15, -0.1) is 0 Å². The van der Waals surface area contributed by atoms with Gasteiger partial charge in [0, 0.05) is 23.4 Å². The van der Waals surface area contributed by atoms with Gasteiger partial charge in [0.1, 0.15) is 0 Å². The molecule has 1 aromatic rings. The summed E-state index contributed by atoms with van der Waals surface area (Å²) < 4.78 is 0. The first-order chi connectivity index (χ1) is 9.95. The van der Waals surface area contributed by atoms with Crippen LogP contribution in [0.5, 0.6) is 0 Å². The average molecular weight is 307 g/mol. The van der Waals surface area contributed by atoms with Crippen molar-refractivity contribution in [2.45, 2.75) is 26.8 Å². The third-order valence-electron chi connectivity index (χ3n) is 2.98. The SMILES string of the molecule is CCSCC(C)NC(=O)c1cccc(/C=C/C(=O)O)c1C. The molecule has 4 nitrogen and oxygen atoms in total. The molecule has 0 aliphatic heterocycles. The molecular weight excluding hydrogens is 286 g/mol. The Morgan fingerprint density at radius 1 is 1.43 bits per heavy atom. The minimum absolute atomic E-state index is 0.0973. The Labute approximate surface area is 129 Å². The van der Waals surface area contributed by atoms with Crippen LogP contribution >= 0.6 is 11.8 Å². The molecule has 114 valence electrons. The van der Waals surface area contributed by atoms with E-state index in [0.717, 1.165) is 28.7 Å². The number of benzene rings is 1. The molecule has 2 N–H and O–H groups in total. The fourth-order valence-electron chi connectivity index (χ4n) is 1.88. The highest BCUT2D eigenvalue weighted by Crippen LogP contribution is 2.16. The number of carboxylic acids is 1. The van der Waals surface area contributed by atoms with E-state index >= 15 is 0 Å². The van der Waals surface area contributed by atoms with Crippen molar-refractivity contribution in [3.63, 3.8) is 0 Å². The van der Waals surface area contributed by atoms with Crippen LogP contribution in [-0.2, 0) is 4.79 Å². The van der Waals surface area contributed by atoms with Crippen molar-refractivity contribution in [2.75, 3.05) is 11.5 Å². The number of hydrogen-bond acceptors (Lipinski definition) is 3. The molecule has 0 aromatic heterocycles. The molecule has 5 heteroatoms. The molecule has 1 atom stereocenters. The molecule has 1 aromatic carbocycles. The number of carbonyl (C=O) groups excluding carboxylic acids is 1. The zero-order valence-electron chi connectivity index (χ0n) is 12.6. The lowest BCUT2D eigenvalue weighted by Gasteiger charge is -2.15. The first kappa shape index (κ1) is 17.3. The van der Waals surface area contributed by atoms with Crippen molar-refractivity contribution in [1.29, 1.82) is 0 Å². The van der Waals surface area contributed by atoms with Gasteiger partial charge in [-0.05, 0) is 42.9 Å². The Hall–Kier alpha value is -1.75. The van der Waals surface area contributed by atoms with E-state index in [0.29, 0.717) is 5.56 Å². The van der Waals surface area contributed by atoms with Crippen LogP contribution in [0.4, 0.5) is 0 Å². The second-order valence-corrected chi connectivity index (χ2v) is 6.04. The maximum absolute atomic E-state index is 12.3. The van der Waals surface area contributed by atoms with Gasteiger partial charge in [-0.25, -0.2) is 4.79 Å². The number of amides is 1. The highest BCUT2D eigenvalue weighted by atomic mass is 32.2. The van der Waals surface area contributed by atoms with Crippen LogP contribution in [0.2, 0.25) is 0 Å². The lowest BCUT2D eigenvalue weighted by Crippen LogP contribution is -2.34. The van der Waals surface area contributed by atoms with Gasteiger partial charge in [0.2, 0.25) is 0 Å². The molecule has 0 radical (unpaired) electrons. The Morgan fingerprint density at radius 2 is 2.14 bits per heavy atom. The molecule has 1 unspecified atom stereocenters. The molecule has 0 aliphatic rings. The molecule has 0 saturated heterocycles. The summed E-state index contributed by atoms with van der Waals surface area (Å²) >= 11 is 1.78. The van der Waals surface area contributed by atoms with E-state index in [9.17, 15) is 9.59 Å².